The van der Waals surface area contributed by atoms with Gasteiger partial charge in [-0.2, -0.15) is 15.8 Å². The summed E-state index contributed by atoms with van der Waals surface area (Å²) in [6, 6.07) is 4.45. The fourth-order valence-electron chi connectivity index (χ4n) is 0.537. The van der Waals surface area contributed by atoms with Crippen molar-refractivity contribution >= 4 is 5.97 Å². The Kier molecular flexibility index (Phi) is 3.27. The Hall–Kier alpha value is -2.06. The van der Waals surface area contributed by atoms with E-state index in [1.807, 2.05) is 0 Å². The van der Waals surface area contributed by atoms with Crippen molar-refractivity contribution in [1.82, 2.24) is 0 Å². The van der Waals surface area contributed by atoms with Crippen molar-refractivity contribution in [3.8, 4) is 18.2 Å². The Morgan fingerprint density at radius 2 is 1.67 bits per heavy atom. The van der Waals surface area contributed by atoms with E-state index in [0.29, 0.717) is 0 Å². The van der Waals surface area contributed by atoms with Gasteiger partial charge in [0.2, 0.25) is 5.41 Å². The first-order chi connectivity index (χ1) is 5.60. The van der Waals surface area contributed by atoms with Crippen LogP contribution in [0.1, 0.15) is 12.8 Å². The Morgan fingerprint density at radius 3 is 1.92 bits per heavy atom. The van der Waals surface area contributed by atoms with E-state index in [2.05, 4.69) is 0 Å². The molecule has 0 radical (unpaired) electrons. The molecule has 0 heterocycles. The van der Waals surface area contributed by atoms with Crippen molar-refractivity contribution < 1.29 is 9.90 Å². The highest BCUT2D eigenvalue weighted by atomic mass is 16.4. The van der Waals surface area contributed by atoms with Crippen molar-refractivity contribution in [1.29, 1.82) is 15.8 Å². The molecular weight excluding hydrogens is 158 g/mol. The van der Waals surface area contributed by atoms with Gasteiger partial charge in [-0.05, 0) is 0 Å². The van der Waals surface area contributed by atoms with E-state index < -0.39 is 11.4 Å². The summed E-state index contributed by atoms with van der Waals surface area (Å²) >= 11 is 0. The van der Waals surface area contributed by atoms with Crippen LogP contribution in [0.15, 0.2) is 0 Å². The second-order valence-corrected chi connectivity index (χ2v) is 2.13. The number of carboxylic acids is 1. The van der Waals surface area contributed by atoms with E-state index in [1.54, 1.807) is 0 Å². The maximum atomic E-state index is 10.1. The predicted molar refractivity (Wildman–Crippen MR) is 36.1 cm³/mol. The van der Waals surface area contributed by atoms with Crippen molar-refractivity contribution in [2.75, 3.05) is 0 Å². The van der Waals surface area contributed by atoms with Gasteiger partial charge in [0.05, 0.1) is 0 Å². The van der Waals surface area contributed by atoms with Gasteiger partial charge in [-0.1, -0.05) is 0 Å². The smallest absolute Gasteiger partial charge is 0.303 e. The predicted octanol–water partition coefficient (Wildman–Crippen LogP) is 0.408. The van der Waals surface area contributed by atoms with Crippen molar-refractivity contribution in [2.45, 2.75) is 12.8 Å². The quantitative estimate of drug-likeness (QED) is 0.647. The topological polar surface area (TPSA) is 109 Å². The number of nitrogens with zero attached hydrogens (tertiary/aromatic N) is 3. The second-order valence-electron chi connectivity index (χ2n) is 2.13. The van der Waals surface area contributed by atoms with Gasteiger partial charge in [-0.25, -0.2) is 0 Å². The molecule has 0 rings (SSSR count). The SMILES string of the molecule is N#CC(C#N)(C#N)CCC(=O)O. The zero-order valence-electron chi connectivity index (χ0n) is 6.11. The summed E-state index contributed by atoms with van der Waals surface area (Å²) in [5, 5.41) is 33.4. The molecule has 0 amide bonds. The highest BCUT2D eigenvalue weighted by Gasteiger charge is 2.30. The van der Waals surface area contributed by atoms with Crippen LogP contribution in [0.2, 0.25) is 0 Å². The largest absolute Gasteiger partial charge is 0.481 e. The Labute approximate surface area is 69.1 Å². The Bertz CT molecular complexity index is 266. The van der Waals surface area contributed by atoms with Gasteiger partial charge in [0.1, 0.15) is 18.2 Å². The van der Waals surface area contributed by atoms with Crippen LogP contribution >= 0.6 is 0 Å². The standard InChI is InChI=1S/C7H5N3O2/c8-3-7(4-9,5-10)2-1-6(11)12/h1-2H2,(H,11,12). The molecule has 0 aromatic heterocycles. The molecule has 0 atom stereocenters. The third-order valence-electron chi connectivity index (χ3n) is 1.29. The van der Waals surface area contributed by atoms with Gasteiger partial charge in [0.25, 0.3) is 0 Å². The average molecular weight is 163 g/mol. The molecular formula is C7H5N3O2. The van der Waals surface area contributed by atoms with Crippen molar-refractivity contribution in [3.05, 3.63) is 0 Å². The van der Waals surface area contributed by atoms with E-state index >= 15 is 0 Å². The van der Waals surface area contributed by atoms with E-state index in [0.717, 1.165) is 0 Å². The maximum absolute atomic E-state index is 10.1. The molecule has 5 nitrogen and oxygen atoms in total. The molecule has 0 aliphatic carbocycles. The number of hydrogen-bond acceptors (Lipinski definition) is 4. The summed E-state index contributed by atoms with van der Waals surface area (Å²) in [7, 11) is 0. The highest BCUT2D eigenvalue weighted by Crippen LogP contribution is 2.20. The lowest BCUT2D eigenvalue weighted by Gasteiger charge is -2.05. The fraction of sp³-hybridized carbons (Fsp3) is 0.429. The molecule has 0 unspecified atom stereocenters. The first-order valence-electron chi connectivity index (χ1n) is 3.06. The van der Waals surface area contributed by atoms with Gasteiger partial charge < -0.3 is 5.11 Å². The summed E-state index contributed by atoms with van der Waals surface area (Å²) in [6.45, 7) is 0. The van der Waals surface area contributed by atoms with Crippen LogP contribution in [-0.2, 0) is 4.79 Å². The Morgan fingerprint density at radius 1 is 1.25 bits per heavy atom. The number of carbonyl (C=O) groups is 1. The molecule has 0 aromatic rings. The summed E-state index contributed by atoms with van der Waals surface area (Å²) in [5.74, 6) is -1.12. The molecule has 5 heteroatoms. The molecule has 0 saturated heterocycles. The molecule has 0 aromatic carbocycles. The lowest BCUT2D eigenvalue weighted by molar-refractivity contribution is -0.137. The minimum Gasteiger partial charge on any atom is -0.481 e. The molecule has 0 saturated carbocycles. The molecule has 0 bridgehead atoms. The van der Waals surface area contributed by atoms with Crippen LogP contribution in [-0.4, -0.2) is 11.1 Å². The minimum atomic E-state index is -1.81. The number of carboxylic acid groups (broad SMARTS) is 1. The van der Waals surface area contributed by atoms with Gasteiger partial charge >= 0.3 is 5.97 Å². The van der Waals surface area contributed by atoms with E-state index in [4.69, 9.17) is 20.9 Å². The molecule has 0 aliphatic rings. The van der Waals surface area contributed by atoms with Gasteiger partial charge in [0.15, 0.2) is 0 Å². The van der Waals surface area contributed by atoms with Crippen LogP contribution in [0.4, 0.5) is 0 Å². The van der Waals surface area contributed by atoms with Gasteiger partial charge in [-0.15, -0.1) is 0 Å². The third kappa shape index (κ3) is 2.28. The Balaban J connectivity index is 4.41. The zero-order chi connectivity index (χ0) is 9.61. The van der Waals surface area contributed by atoms with Gasteiger partial charge in [-0.3, -0.25) is 4.79 Å². The minimum absolute atomic E-state index is 0.258. The lowest BCUT2D eigenvalue weighted by Crippen LogP contribution is -2.15. The molecule has 12 heavy (non-hydrogen) atoms. The summed E-state index contributed by atoms with van der Waals surface area (Å²) in [5.41, 5.74) is -1.81. The van der Waals surface area contributed by atoms with Gasteiger partial charge in [0, 0.05) is 12.8 Å². The highest BCUT2D eigenvalue weighted by molar-refractivity contribution is 5.67. The molecule has 0 aliphatic heterocycles. The van der Waals surface area contributed by atoms with E-state index in [9.17, 15) is 4.79 Å². The summed E-state index contributed by atoms with van der Waals surface area (Å²) in [4.78, 5) is 10.1. The number of rotatable bonds is 3. The second kappa shape index (κ2) is 3.95. The van der Waals surface area contributed by atoms with E-state index in [-0.39, 0.29) is 12.8 Å². The number of nitriles is 3. The van der Waals surface area contributed by atoms with Crippen LogP contribution in [0.25, 0.3) is 0 Å². The normalized spacial score (nSPS) is 9.08. The van der Waals surface area contributed by atoms with Crippen molar-refractivity contribution in [2.24, 2.45) is 5.41 Å². The summed E-state index contributed by atoms with van der Waals surface area (Å²) < 4.78 is 0. The van der Waals surface area contributed by atoms with Crippen LogP contribution in [0.3, 0.4) is 0 Å². The lowest BCUT2D eigenvalue weighted by atomic mass is 9.88. The van der Waals surface area contributed by atoms with Crippen molar-refractivity contribution in [3.63, 3.8) is 0 Å². The van der Waals surface area contributed by atoms with Crippen LogP contribution < -0.4 is 0 Å². The van der Waals surface area contributed by atoms with E-state index in [1.165, 1.54) is 18.2 Å². The molecule has 0 fully saturated rings. The number of hydrogen-bond donors (Lipinski definition) is 1. The first-order valence-corrected chi connectivity index (χ1v) is 3.06. The van der Waals surface area contributed by atoms with Crippen LogP contribution in [0, 0.1) is 39.4 Å². The number of aliphatic carboxylic acids is 1. The van der Waals surface area contributed by atoms with Crippen LogP contribution in [0.5, 0.6) is 0 Å². The fourth-order valence-corrected chi connectivity index (χ4v) is 0.537. The summed E-state index contributed by atoms with van der Waals surface area (Å²) in [6.07, 6.45) is -0.611. The monoisotopic (exact) mass is 163 g/mol. The molecule has 60 valence electrons. The molecule has 1 N–H and O–H groups in total. The zero-order valence-corrected chi connectivity index (χ0v) is 6.11. The maximum Gasteiger partial charge on any atom is 0.303 e. The average Bonchev–Trinajstić information content (AvgIpc) is 2.08. The molecule has 0 spiro atoms. The first kappa shape index (κ1) is 9.94. The third-order valence-corrected chi connectivity index (χ3v) is 1.29.